The normalized spacial score (nSPS) is 10.3. The quantitative estimate of drug-likeness (QED) is 0.675. The second-order valence-electron chi connectivity index (χ2n) is 2.91. The predicted octanol–water partition coefficient (Wildman–Crippen LogP) is 1.26. The average molecular weight is 183 g/mol. The third kappa shape index (κ3) is 3.94. The van der Waals surface area contributed by atoms with Gasteiger partial charge in [0.15, 0.2) is 0 Å². The lowest BCUT2D eigenvalue weighted by Gasteiger charge is -2.03. The van der Waals surface area contributed by atoms with E-state index in [2.05, 4.69) is 17.3 Å². The maximum Gasteiger partial charge on any atom is 0.148 e. The number of aromatic nitrogens is 2. The molecule has 0 spiro atoms. The summed E-state index contributed by atoms with van der Waals surface area (Å²) < 4.78 is 7.09. The first-order valence-corrected chi connectivity index (χ1v) is 4.64. The van der Waals surface area contributed by atoms with Crippen molar-refractivity contribution in [3.05, 3.63) is 12.3 Å². The summed E-state index contributed by atoms with van der Waals surface area (Å²) in [5, 5.41) is 7.35. The molecule has 0 unspecified atom stereocenters. The molecule has 0 aliphatic heterocycles. The number of rotatable bonds is 6. The highest BCUT2D eigenvalue weighted by molar-refractivity contribution is 5.31. The lowest BCUT2D eigenvalue weighted by atomic mass is 10.5. The molecule has 1 aromatic heterocycles. The summed E-state index contributed by atoms with van der Waals surface area (Å²) in [5.41, 5.74) is 0. The molecule has 4 heteroatoms. The van der Waals surface area contributed by atoms with Gasteiger partial charge < -0.3 is 10.1 Å². The van der Waals surface area contributed by atoms with E-state index in [1.807, 2.05) is 19.3 Å². The molecule has 0 aliphatic rings. The van der Waals surface area contributed by atoms with Crippen molar-refractivity contribution in [2.75, 3.05) is 25.1 Å². The summed E-state index contributed by atoms with van der Waals surface area (Å²) >= 11 is 0. The molecule has 0 amide bonds. The van der Waals surface area contributed by atoms with Crippen LogP contribution in [0.3, 0.4) is 0 Å². The Bertz CT molecular complexity index is 235. The third-order valence-corrected chi connectivity index (χ3v) is 1.61. The monoisotopic (exact) mass is 183 g/mol. The molecule has 1 N–H and O–H groups in total. The summed E-state index contributed by atoms with van der Waals surface area (Å²) in [4.78, 5) is 0. The van der Waals surface area contributed by atoms with Crippen molar-refractivity contribution in [2.24, 2.45) is 7.05 Å². The van der Waals surface area contributed by atoms with Crippen molar-refractivity contribution in [1.82, 2.24) is 9.78 Å². The highest BCUT2D eigenvalue weighted by Crippen LogP contribution is 1.99. The third-order valence-electron chi connectivity index (χ3n) is 1.61. The van der Waals surface area contributed by atoms with Gasteiger partial charge in [0.1, 0.15) is 5.82 Å². The second-order valence-corrected chi connectivity index (χ2v) is 2.91. The molecular formula is C9H17N3O. The van der Waals surface area contributed by atoms with E-state index < -0.39 is 0 Å². The van der Waals surface area contributed by atoms with Crippen LogP contribution in [0.2, 0.25) is 0 Å². The van der Waals surface area contributed by atoms with Gasteiger partial charge in [-0.3, -0.25) is 4.68 Å². The fourth-order valence-electron chi connectivity index (χ4n) is 1.01. The molecule has 0 saturated carbocycles. The van der Waals surface area contributed by atoms with E-state index in [1.165, 1.54) is 0 Å². The molecule has 1 aromatic rings. The van der Waals surface area contributed by atoms with Gasteiger partial charge >= 0.3 is 0 Å². The first kappa shape index (κ1) is 10.1. The molecule has 0 aromatic carbocycles. The zero-order valence-electron chi connectivity index (χ0n) is 8.29. The van der Waals surface area contributed by atoms with E-state index in [0.717, 1.165) is 32.0 Å². The molecule has 0 saturated heterocycles. The van der Waals surface area contributed by atoms with Crippen LogP contribution in [0.15, 0.2) is 12.3 Å². The fraction of sp³-hybridized carbons (Fsp3) is 0.667. The Balaban J connectivity index is 2.06. The van der Waals surface area contributed by atoms with E-state index in [4.69, 9.17) is 4.74 Å². The number of anilines is 1. The Hall–Kier alpha value is -1.03. The van der Waals surface area contributed by atoms with Gasteiger partial charge in [-0.1, -0.05) is 6.92 Å². The topological polar surface area (TPSA) is 39.1 Å². The maximum atomic E-state index is 5.31. The Morgan fingerprint density at radius 2 is 2.38 bits per heavy atom. The van der Waals surface area contributed by atoms with Gasteiger partial charge in [0.25, 0.3) is 0 Å². The first-order valence-electron chi connectivity index (χ1n) is 4.64. The molecule has 0 fully saturated rings. The standard InChI is InChI=1S/C9H17N3O/c1-3-7-13-8-5-10-9-4-6-12(2)11-9/h4,6H,3,5,7-8H2,1-2H3,(H,10,11). The van der Waals surface area contributed by atoms with Gasteiger partial charge in [0, 0.05) is 32.5 Å². The Kier molecular flexibility index (Phi) is 4.32. The van der Waals surface area contributed by atoms with Gasteiger partial charge in [-0.15, -0.1) is 0 Å². The van der Waals surface area contributed by atoms with Gasteiger partial charge in [-0.05, 0) is 6.42 Å². The molecular weight excluding hydrogens is 166 g/mol. The SMILES string of the molecule is CCCOCCNc1ccn(C)n1. The van der Waals surface area contributed by atoms with Crippen molar-refractivity contribution in [3.8, 4) is 0 Å². The first-order chi connectivity index (χ1) is 6.33. The Morgan fingerprint density at radius 1 is 1.54 bits per heavy atom. The summed E-state index contributed by atoms with van der Waals surface area (Å²) in [6.07, 6.45) is 2.98. The molecule has 4 nitrogen and oxygen atoms in total. The highest BCUT2D eigenvalue weighted by atomic mass is 16.5. The molecule has 74 valence electrons. The van der Waals surface area contributed by atoms with Crippen LogP contribution in [-0.4, -0.2) is 29.5 Å². The Morgan fingerprint density at radius 3 is 3.00 bits per heavy atom. The zero-order chi connectivity index (χ0) is 9.52. The van der Waals surface area contributed by atoms with Gasteiger partial charge in [0.2, 0.25) is 0 Å². The van der Waals surface area contributed by atoms with Crippen molar-refractivity contribution in [1.29, 1.82) is 0 Å². The van der Waals surface area contributed by atoms with Crippen LogP contribution in [-0.2, 0) is 11.8 Å². The number of aryl methyl sites for hydroxylation is 1. The van der Waals surface area contributed by atoms with Crippen LogP contribution >= 0.6 is 0 Å². The van der Waals surface area contributed by atoms with Gasteiger partial charge in [-0.25, -0.2) is 0 Å². The van der Waals surface area contributed by atoms with Crippen LogP contribution in [0.25, 0.3) is 0 Å². The fourth-order valence-corrected chi connectivity index (χ4v) is 1.01. The lowest BCUT2D eigenvalue weighted by Crippen LogP contribution is -2.10. The van der Waals surface area contributed by atoms with E-state index in [-0.39, 0.29) is 0 Å². The van der Waals surface area contributed by atoms with E-state index in [9.17, 15) is 0 Å². The van der Waals surface area contributed by atoms with Crippen LogP contribution in [0.1, 0.15) is 13.3 Å². The number of ether oxygens (including phenoxy) is 1. The molecule has 0 aliphatic carbocycles. The highest BCUT2D eigenvalue weighted by Gasteiger charge is 1.93. The summed E-state index contributed by atoms with van der Waals surface area (Å²) in [6, 6.07) is 1.94. The smallest absolute Gasteiger partial charge is 0.148 e. The van der Waals surface area contributed by atoms with Crippen molar-refractivity contribution in [2.45, 2.75) is 13.3 Å². The van der Waals surface area contributed by atoms with Gasteiger partial charge in [0.05, 0.1) is 6.61 Å². The van der Waals surface area contributed by atoms with Crippen molar-refractivity contribution < 1.29 is 4.74 Å². The minimum absolute atomic E-state index is 0.740. The number of nitrogens with zero attached hydrogens (tertiary/aromatic N) is 2. The molecule has 1 rings (SSSR count). The minimum atomic E-state index is 0.740. The number of hydrogen-bond donors (Lipinski definition) is 1. The molecule has 0 bridgehead atoms. The number of hydrogen-bond acceptors (Lipinski definition) is 3. The van der Waals surface area contributed by atoms with Crippen LogP contribution in [0, 0.1) is 0 Å². The second kappa shape index (κ2) is 5.59. The minimum Gasteiger partial charge on any atom is -0.380 e. The zero-order valence-corrected chi connectivity index (χ0v) is 8.29. The summed E-state index contributed by atoms with van der Waals surface area (Å²) in [5.74, 6) is 0.905. The van der Waals surface area contributed by atoms with Gasteiger partial charge in [-0.2, -0.15) is 5.10 Å². The summed E-state index contributed by atoms with van der Waals surface area (Å²) in [7, 11) is 1.90. The molecule has 1 heterocycles. The summed E-state index contributed by atoms with van der Waals surface area (Å²) in [6.45, 7) is 4.50. The molecule has 13 heavy (non-hydrogen) atoms. The molecule has 0 atom stereocenters. The number of nitrogens with one attached hydrogen (secondary N) is 1. The van der Waals surface area contributed by atoms with Crippen molar-refractivity contribution >= 4 is 5.82 Å². The van der Waals surface area contributed by atoms with E-state index in [1.54, 1.807) is 4.68 Å². The predicted molar refractivity (Wildman–Crippen MR) is 52.8 cm³/mol. The van der Waals surface area contributed by atoms with Crippen LogP contribution < -0.4 is 5.32 Å². The van der Waals surface area contributed by atoms with Crippen LogP contribution in [0.4, 0.5) is 5.82 Å². The largest absolute Gasteiger partial charge is 0.380 e. The van der Waals surface area contributed by atoms with E-state index in [0.29, 0.717) is 0 Å². The van der Waals surface area contributed by atoms with Crippen molar-refractivity contribution in [3.63, 3.8) is 0 Å². The lowest BCUT2D eigenvalue weighted by molar-refractivity contribution is 0.144. The van der Waals surface area contributed by atoms with E-state index >= 15 is 0 Å². The maximum absolute atomic E-state index is 5.31. The van der Waals surface area contributed by atoms with Crippen LogP contribution in [0.5, 0.6) is 0 Å². The Labute approximate surface area is 78.9 Å². The molecule has 0 radical (unpaired) electrons. The average Bonchev–Trinajstić information content (AvgIpc) is 2.51.